The second-order valence-corrected chi connectivity index (χ2v) is 7.75. The first-order chi connectivity index (χ1) is 16.3. The third-order valence-electron chi connectivity index (χ3n) is 5.70. The molecule has 0 fully saturated rings. The number of fused-ring (bicyclic) bond motifs is 3. The zero-order valence-electron chi connectivity index (χ0n) is 17.7. The Labute approximate surface area is 249 Å². The van der Waals surface area contributed by atoms with E-state index < -0.39 is 11.9 Å². The summed E-state index contributed by atoms with van der Waals surface area (Å²) < 4.78 is 0. The maximum atomic E-state index is 11.9. The number of hydrogen-bond acceptors (Lipinski definition) is 6. The Balaban J connectivity index is 0.00000180. The van der Waals surface area contributed by atoms with Crippen molar-refractivity contribution in [1.29, 1.82) is 0 Å². The molecule has 2 aromatic heterocycles. The van der Waals surface area contributed by atoms with Crippen LogP contribution in [0.15, 0.2) is 72.8 Å². The van der Waals surface area contributed by atoms with E-state index in [2.05, 4.69) is 9.97 Å². The first-order valence-corrected chi connectivity index (χ1v) is 10.3. The average Bonchev–Trinajstić information content (AvgIpc) is 2.83. The van der Waals surface area contributed by atoms with Crippen LogP contribution < -0.4 is 11.5 Å². The van der Waals surface area contributed by atoms with Crippen LogP contribution in [0.1, 0.15) is 21.0 Å². The van der Waals surface area contributed by atoms with Crippen LogP contribution in [0.2, 0.25) is 0 Å². The van der Waals surface area contributed by atoms with Crippen molar-refractivity contribution in [3.8, 4) is 22.3 Å². The van der Waals surface area contributed by atoms with Gasteiger partial charge >= 0.3 is 71.1 Å². The van der Waals surface area contributed by atoms with Crippen molar-refractivity contribution in [3.63, 3.8) is 0 Å². The molecular weight excluding hydrogens is 478 g/mol. The second-order valence-electron chi connectivity index (χ2n) is 7.75. The summed E-state index contributed by atoms with van der Waals surface area (Å²) in [4.78, 5) is 32.6. The number of pyridine rings is 2. The Hall–Kier alpha value is -2.98. The molecule has 3 aromatic carbocycles. The fourth-order valence-electron chi connectivity index (χ4n) is 4.12. The van der Waals surface area contributed by atoms with E-state index in [0.717, 1.165) is 0 Å². The van der Waals surface area contributed by atoms with Crippen molar-refractivity contribution < 1.29 is 19.8 Å². The number of aromatic carboxylic acids is 2. The van der Waals surface area contributed by atoms with E-state index in [9.17, 15) is 19.8 Å². The van der Waals surface area contributed by atoms with Gasteiger partial charge in [0.25, 0.3) is 0 Å². The van der Waals surface area contributed by atoms with Crippen molar-refractivity contribution in [2.24, 2.45) is 0 Å². The molecule has 0 saturated carbocycles. The van der Waals surface area contributed by atoms with Crippen LogP contribution in [0.4, 0.5) is 11.4 Å². The molecule has 0 aliphatic carbocycles. The van der Waals surface area contributed by atoms with E-state index in [1.165, 1.54) is 12.1 Å². The molecule has 0 amide bonds. The van der Waals surface area contributed by atoms with E-state index in [1.54, 1.807) is 48.5 Å². The Morgan fingerprint density at radius 2 is 0.944 bits per heavy atom. The van der Waals surface area contributed by atoms with Gasteiger partial charge in [0.1, 0.15) is 11.4 Å². The topological polar surface area (TPSA) is 152 Å². The molecule has 0 atom stereocenters. The molecule has 170 valence electrons. The minimum atomic E-state index is -1.23. The molecule has 10 heteroatoms. The van der Waals surface area contributed by atoms with Gasteiger partial charge in [-0.3, -0.25) is 0 Å². The summed E-state index contributed by atoms with van der Waals surface area (Å²) in [7, 11) is 0. The second kappa shape index (κ2) is 11.0. The summed E-state index contributed by atoms with van der Waals surface area (Å²) in [5.74, 6) is -2.45. The zero-order chi connectivity index (χ0) is 24.0. The summed E-state index contributed by atoms with van der Waals surface area (Å²) >= 11 is 0. The SMILES string of the molecule is Nc1ccccc1-c1cc(C(=O)O)nc2c1ccc1c(-c3ccccc3N)cc(C(=O)O)nc12.[NaH].[NaH]. The fourth-order valence-corrected chi connectivity index (χ4v) is 4.12. The van der Waals surface area contributed by atoms with Crippen LogP contribution in [-0.4, -0.2) is 91.2 Å². The number of nitrogens with two attached hydrogens (primary N) is 2. The zero-order valence-corrected chi connectivity index (χ0v) is 17.7. The van der Waals surface area contributed by atoms with Crippen LogP contribution in [0.5, 0.6) is 0 Å². The number of carboxylic acid groups (broad SMARTS) is 2. The van der Waals surface area contributed by atoms with Crippen molar-refractivity contribution >= 4 is 104 Å². The van der Waals surface area contributed by atoms with E-state index in [-0.39, 0.29) is 81.5 Å². The number of nitrogens with zero attached hydrogens (tertiary/aromatic N) is 2. The number of para-hydroxylation sites is 2. The predicted molar refractivity (Wildman–Crippen MR) is 145 cm³/mol. The molecule has 2 heterocycles. The van der Waals surface area contributed by atoms with Crippen LogP contribution in [0.25, 0.3) is 44.1 Å². The van der Waals surface area contributed by atoms with Crippen molar-refractivity contribution in [2.45, 2.75) is 0 Å². The Bertz CT molecular complexity index is 1530. The molecule has 5 aromatic rings. The third-order valence-corrected chi connectivity index (χ3v) is 5.70. The number of carboxylic acids is 2. The van der Waals surface area contributed by atoms with Crippen molar-refractivity contribution in [1.82, 2.24) is 9.97 Å². The summed E-state index contributed by atoms with van der Waals surface area (Å²) in [5.41, 5.74) is 15.8. The minimum absolute atomic E-state index is 0. The van der Waals surface area contributed by atoms with E-state index >= 15 is 0 Å². The van der Waals surface area contributed by atoms with E-state index in [1.807, 2.05) is 12.1 Å². The monoisotopic (exact) mass is 498 g/mol. The van der Waals surface area contributed by atoms with Crippen LogP contribution in [-0.2, 0) is 0 Å². The summed E-state index contributed by atoms with van der Waals surface area (Å²) in [6.45, 7) is 0. The molecule has 0 bridgehead atoms. The standard InChI is InChI=1S/C26H18N4O4.2Na.2H/c27-19-7-3-1-5-13(19)17-11-21(25(31)32)29-23-15(17)9-10-16-18(14-6-2-4-8-20(14)28)12-22(26(33)34)30-24(16)23;;;;/h1-12H,27-28H2,(H,31,32)(H,33,34);;;;. The molecular formula is C26H20N4Na2O4. The van der Waals surface area contributed by atoms with Gasteiger partial charge in [-0.05, 0) is 35.4 Å². The van der Waals surface area contributed by atoms with Gasteiger partial charge in [0.15, 0.2) is 0 Å². The number of rotatable bonds is 4. The van der Waals surface area contributed by atoms with Gasteiger partial charge in [0.2, 0.25) is 0 Å². The van der Waals surface area contributed by atoms with E-state index in [0.29, 0.717) is 44.4 Å². The first kappa shape index (κ1) is 27.6. The van der Waals surface area contributed by atoms with E-state index in [4.69, 9.17) is 11.5 Å². The molecule has 0 radical (unpaired) electrons. The molecule has 8 nitrogen and oxygen atoms in total. The van der Waals surface area contributed by atoms with Crippen molar-refractivity contribution in [2.75, 3.05) is 11.5 Å². The number of hydrogen-bond donors (Lipinski definition) is 4. The van der Waals surface area contributed by atoms with Gasteiger partial charge in [-0.2, -0.15) is 0 Å². The van der Waals surface area contributed by atoms with Gasteiger partial charge in [-0.1, -0.05) is 48.5 Å². The Morgan fingerprint density at radius 1 is 0.583 bits per heavy atom. The molecule has 0 unspecified atom stereocenters. The van der Waals surface area contributed by atoms with Gasteiger partial charge in [-0.15, -0.1) is 0 Å². The fraction of sp³-hybridized carbons (Fsp3) is 0. The van der Waals surface area contributed by atoms with Crippen LogP contribution in [0.3, 0.4) is 0 Å². The summed E-state index contributed by atoms with van der Waals surface area (Å²) in [5, 5.41) is 20.7. The predicted octanol–water partition coefficient (Wildman–Crippen LogP) is 3.38. The number of nitrogen functional groups attached to an aromatic ring is 2. The number of benzene rings is 3. The molecule has 0 aliphatic heterocycles. The number of aromatic nitrogens is 2. The van der Waals surface area contributed by atoms with Gasteiger partial charge < -0.3 is 21.7 Å². The van der Waals surface area contributed by atoms with Gasteiger partial charge in [-0.25, -0.2) is 19.6 Å². The maximum absolute atomic E-state index is 11.9. The third kappa shape index (κ3) is 4.84. The summed E-state index contributed by atoms with van der Waals surface area (Å²) in [6, 6.07) is 20.7. The Morgan fingerprint density at radius 3 is 1.28 bits per heavy atom. The van der Waals surface area contributed by atoms with Crippen molar-refractivity contribution in [3.05, 3.63) is 84.2 Å². The number of anilines is 2. The van der Waals surface area contributed by atoms with Gasteiger partial charge in [0.05, 0.1) is 11.0 Å². The molecule has 5 rings (SSSR count). The molecule has 0 saturated heterocycles. The normalized spacial score (nSPS) is 10.4. The first-order valence-electron chi connectivity index (χ1n) is 10.3. The summed E-state index contributed by atoms with van der Waals surface area (Å²) in [6.07, 6.45) is 0. The van der Waals surface area contributed by atoms with Crippen LogP contribution >= 0.6 is 0 Å². The molecule has 0 spiro atoms. The molecule has 0 aliphatic rings. The Kier molecular flexibility index (Phi) is 8.40. The quantitative estimate of drug-likeness (QED) is 0.167. The molecule has 6 N–H and O–H groups in total. The number of carbonyl (C=O) groups is 2. The average molecular weight is 498 g/mol. The van der Waals surface area contributed by atoms with Gasteiger partial charge in [0, 0.05) is 33.3 Å². The van der Waals surface area contributed by atoms with Crippen LogP contribution in [0, 0.1) is 0 Å². The molecule has 36 heavy (non-hydrogen) atoms.